The number of rotatable bonds is 4. The summed E-state index contributed by atoms with van der Waals surface area (Å²) in [4.78, 5) is 0. The van der Waals surface area contributed by atoms with Gasteiger partial charge in [0.2, 0.25) is 0 Å². The quantitative estimate of drug-likeness (QED) is 0.644. The van der Waals surface area contributed by atoms with Crippen molar-refractivity contribution < 1.29 is 0 Å². The lowest BCUT2D eigenvalue weighted by Gasteiger charge is -2.40. The summed E-state index contributed by atoms with van der Waals surface area (Å²) in [5.74, 6) is 0.996. The molecule has 0 radical (unpaired) electrons. The van der Waals surface area contributed by atoms with E-state index >= 15 is 0 Å². The monoisotopic (exact) mass is 200 g/mol. The van der Waals surface area contributed by atoms with Crippen LogP contribution in [0.2, 0.25) is 0 Å². The molecule has 1 aliphatic rings. The summed E-state index contributed by atoms with van der Waals surface area (Å²) in [5, 5.41) is 0. The fraction of sp³-hybridized carbons (Fsp3) is 1.00. The van der Waals surface area contributed by atoms with Gasteiger partial charge in [-0.1, -0.05) is 39.5 Å². The molecule has 1 fully saturated rings. The van der Waals surface area contributed by atoms with Crippen molar-refractivity contribution in [3.05, 3.63) is 0 Å². The van der Waals surface area contributed by atoms with Crippen LogP contribution in [0.5, 0.6) is 0 Å². The minimum absolute atomic E-state index is 0.605. The molecule has 0 aliphatic heterocycles. The Hall–Kier alpha value is 0.350. The van der Waals surface area contributed by atoms with Crippen LogP contribution in [0.25, 0.3) is 0 Å². The number of unbranched alkanes of at least 4 members (excludes halogenated alkanes) is 1. The van der Waals surface area contributed by atoms with Gasteiger partial charge in [0.1, 0.15) is 0 Å². The van der Waals surface area contributed by atoms with Crippen LogP contribution >= 0.6 is 11.8 Å². The van der Waals surface area contributed by atoms with Crippen molar-refractivity contribution in [3.63, 3.8) is 0 Å². The first-order valence-electron chi connectivity index (χ1n) is 5.78. The Labute approximate surface area is 87.9 Å². The van der Waals surface area contributed by atoms with Gasteiger partial charge >= 0.3 is 0 Å². The molecule has 2 unspecified atom stereocenters. The maximum Gasteiger partial charge on any atom is 0.0157 e. The molecular formula is C12H24S. The highest BCUT2D eigenvalue weighted by Crippen LogP contribution is 2.44. The molecule has 78 valence electrons. The number of hydrogen-bond donors (Lipinski definition) is 0. The smallest absolute Gasteiger partial charge is 0.0157 e. The van der Waals surface area contributed by atoms with Crippen LogP contribution in [0.3, 0.4) is 0 Å². The maximum atomic E-state index is 2.48. The molecule has 0 amide bonds. The molecular weight excluding hydrogens is 176 g/mol. The summed E-state index contributed by atoms with van der Waals surface area (Å²) in [7, 11) is 0. The van der Waals surface area contributed by atoms with E-state index in [0.29, 0.717) is 4.75 Å². The predicted molar refractivity (Wildman–Crippen MR) is 63.4 cm³/mol. The van der Waals surface area contributed by atoms with E-state index in [4.69, 9.17) is 0 Å². The Balaban J connectivity index is 2.46. The molecule has 0 nitrogen and oxygen atoms in total. The summed E-state index contributed by atoms with van der Waals surface area (Å²) in [5.41, 5.74) is 0. The van der Waals surface area contributed by atoms with Crippen molar-refractivity contribution in [3.8, 4) is 0 Å². The normalized spacial score (nSPS) is 34.8. The number of hydrogen-bond acceptors (Lipinski definition) is 1. The van der Waals surface area contributed by atoms with Gasteiger partial charge in [-0.15, -0.1) is 0 Å². The topological polar surface area (TPSA) is 0 Å². The van der Waals surface area contributed by atoms with Crippen LogP contribution in [0.4, 0.5) is 0 Å². The van der Waals surface area contributed by atoms with Crippen molar-refractivity contribution in [2.45, 2.75) is 63.5 Å². The first-order valence-corrected chi connectivity index (χ1v) is 7.00. The van der Waals surface area contributed by atoms with Crippen LogP contribution in [0.1, 0.15) is 58.8 Å². The molecule has 0 bridgehead atoms. The molecule has 2 atom stereocenters. The van der Waals surface area contributed by atoms with Gasteiger partial charge in [-0.25, -0.2) is 0 Å². The fourth-order valence-electron chi connectivity index (χ4n) is 2.55. The lowest BCUT2D eigenvalue weighted by atomic mass is 9.77. The average molecular weight is 200 g/mol. The molecule has 13 heavy (non-hydrogen) atoms. The Morgan fingerprint density at radius 3 is 2.77 bits per heavy atom. The third-order valence-corrected chi connectivity index (χ3v) is 5.18. The predicted octanol–water partition coefficient (Wildman–Crippen LogP) is 4.49. The minimum Gasteiger partial charge on any atom is -0.159 e. The summed E-state index contributed by atoms with van der Waals surface area (Å²) >= 11 is 2.11. The molecule has 0 spiro atoms. The summed E-state index contributed by atoms with van der Waals surface area (Å²) in [6, 6.07) is 0. The van der Waals surface area contributed by atoms with Gasteiger partial charge in [-0.05, 0) is 31.4 Å². The second kappa shape index (κ2) is 5.29. The van der Waals surface area contributed by atoms with Crippen LogP contribution in [0.15, 0.2) is 0 Å². The van der Waals surface area contributed by atoms with Gasteiger partial charge in [-0.2, -0.15) is 11.8 Å². The third kappa shape index (κ3) is 2.90. The molecule has 0 heterocycles. The van der Waals surface area contributed by atoms with Gasteiger partial charge in [0.05, 0.1) is 0 Å². The zero-order valence-electron chi connectivity index (χ0n) is 9.44. The molecule has 1 aliphatic carbocycles. The minimum atomic E-state index is 0.605. The molecule has 1 rings (SSSR count). The highest BCUT2D eigenvalue weighted by molar-refractivity contribution is 7.99. The summed E-state index contributed by atoms with van der Waals surface area (Å²) in [6.07, 6.45) is 12.4. The van der Waals surface area contributed by atoms with E-state index in [9.17, 15) is 0 Å². The Morgan fingerprint density at radius 1 is 1.38 bits per heavy atom. The van der Waals surface area contributed by atoms with Gasteiger partial charge in [0.15, 0.2) is 0 Å². The molecule has 0 aromatic rings. The van der Waals surface area contributed by atoms with Crippen LogP contribution in [-0.2, 0) is 0 Å². The van der Waals surface area contributed by atoms with E-state index < -0.39 is 0 Å². The average Bonchev–Trinajstić information content (AvgIpc) is 2.17. The molecule has 0 saturated heterocycles. The Morgan fingerprint density at radius 2 is 2.15 bits per heavy atom. The second-order valence-corrected chi connectivity index (χ2v) is 5.94. The maximum absolute atomic E-state index is 2.48. The van der Waals surface area contributed by atoms with E-state index in [0.717, 1.165) is 5.92 Å². The van der Waals surface area contributed by atoms with E-state index in [2.05, 4.69) is 31.9 Å². The molecule has 0 N–H and O–H groups in total. The second-order valence-electron chi connectivity index (χ2n) is 4.60. The van der Waals surface area contributed by atoms with Crippen molar-refractivity contribution in [1.29, 1.82) is 0 Å². The first kappa shape index (κ1) is 11.4. The molecule has 1 saturated carbocycles. The van der Waals surface area contributed by atoms with Crippen LogP contribution in [-0.4, -0.2) is 11.0 Å². The van der Waals surface area contributed by atoms with E-state index in [1.807, 2.05) is 0 Å². The SMILES string of the molecule is CCCCC1CCCCC1(C)SC. The van der Waals surface area contributed by atoms with E-state index in [-0.39, 0.29) is 0 Å². The third-order valence-electron chi connectivity index (χ3n) is 3.71. The largest absolute Gasteiger partial charge is 0.159 e. The van der Waals surface area contributed by atoms with Crippen molar-refractivity contribution in [1.82, 2.24) is 0 Å². The molecule has 0 aromatic heterocycles. The van der Waals surface area contributed by atoms with Crippen LogP contribution in [0, 0.1) is 5.92 Å². The first-order chi connectivity index (χ1) is 6.23. The lowest BCUT2D eigenvalue weighted by molar-refractivity contribution is 0.269. The highest BCUT2D eigenvalue weighted by Gasteiger charge is 2.34. The zero-order valence-corrected chi connectivity index (χ0v) is 10.3. The van der Waals surface area contributed by atoms with Crippen molar-refractivity contribution in [2.75, 3.05) is 6.26 Å². The summed E-state index contributed by atoms with van der Waals surface area (Å²) in [6.45, 7) is 4.79. The molecule has 1 heteroatoms. The Bertz CT molecular complexity index is 144. The van der Waals surface area contributed by atoms with Crippen molar-refractivity contribution in [2.24, 2.45) is 5.92 Å². The van der Waals surface area contributed by atoms with Gasteiger partial charge in [-0.3, -0.25) is 0 Å². The van der Waals surface area contributed by atoms with E-state index in [1.165, 1.54) is 44.9 Å². The van der Waals surface area contributed by atoms with Crippen molar-refractivity contribution >= 4 is 11.8 Å². The molecule has 0 aromatic carbocycles. The van der Waals surface area contributed by atoms with Gasteiger partial charge in [0, 0.05) is 4.75 Å². The lowest BCUT2D eigenvalue weighted by Crippen LogP contribution is -2.34. The van der Waals surface area contributed by atoms with Gasteiger partial charge in [0.25, 0.3) is 0 Å². The fourth-order valence-corrected chi connectivity index (χ4v) is 3.46. The van der Waals surface area contributed by atoms with Crippen LogP contribution < -0.4 is 0 Å². The Kier molecular flexibility index (Phi) is 4.64. The summed E-state index contributed by atoms with van der Waals surface area (Å²) < 4.78 is 0.605. The van der Waals surface area contributed by atoms with Gasteiger partial charge < -0.3 is 0 Å². The zero-order chi connectivity index (χ0) is 9.73. The highest BCUT2D eigenvalue weighted by atomic mass is 32.2. The van der Waals surface area contributed by atoms with E-state index in [1.54, 1.807) is 0 Å². The number of thioether (sulfide) groups is 1. The standard InChI is InChI=1S/C12H24S/c1-4-5-8-11-9-6-7-10-12(11,2)13-3/h11H,4-10H2,1-3H3.